The van der Waals surface area contributed by atoms with E-state index in [0.29, 0.717) is 5.56 Å². The van der Waals surface area contributed by atoms with Crippen molar-refractivity contribution in [3.05, 3.63) is 48.0 Å². The summed E-state index contributed by atoms with van der Waals surface area (Å²) in [6, 6.07) is 12.1. The van der Waals surface area contributed by atoms with Gasteiger partial charge in [0.2, 0.25) is 0 Å². The van der Waals surface area contributed by atoms with Gasteiger partial charge in [-0.05, 0) is 23.3 Å². The third kappa shape index (κ3) is 3.55. The van der Waals surface area contributed by atoms with Crippen LogP contribution in [0.2, 0.25) is 0 Å². The maximum Gasteiger partial charge on any atom is 0.491 e. The van der Waals surface area contributed by atoms with Crippen molar-refractivity contribution in [2.45, 2.75) is 19.1 Å². The number of halogens is 3. The van der Waals surface area contributed by atoms with E-state index >= 15 is 0 Å². The molecule has 0 aliphatic heterocycles. The van der Waals surface area contributed by atoms with Gasteiger partial charge in [0.15, 0.2) is 0 Å². The van der Waals surface area contributed by atoms with Crippen LogP contribution in [-0.2, 0) is 9.53 Å². The number of hydrogen-bond acceptors (Lipinski definition) is 3. The lowest BCUT2D eigenvalue weighted by atomic mass is 10.00. The molecule has 116 valence electrons. The highest BCUT2D eigenvalue weighted by Crippen LogP contribution is 2.24. The Balaban J connectivity index is 2.13. The first-order chi connectivity index (χ1) is 10.3. The van der Waals surface area contributed by atoms with E-state index < -0.39 is 24.3 Å². The van der Waals surface area contributed by atoms with Crippen LogP contribution in [0.4, 0.5) is 18.0 Å². The lowest BCUT2D eigenvalue weighted by Gasteiger charge is -2.16. The van der Waals surface area contributed by atoms with Gasteiger partial charge in [-0.1, -0.05) is 42.5 Å². The highest BCUT2D eigenvalue weighted by molar-refractivity contribution is 5.89. The molecular formula is C15H12F3NO3. The van der Waals surface area contributed by atoms with Crippen LogP contribution in [0, 0.1) is 0 Å². The number of carbonyl (C=O) groups is 2. The molecule has 1 atom stereocenters. The lowest BCUT2D eigenvalue weighted by Crippen LogP contribution is -2.34. The Morgan fingerprint density at radius 1 is 1.09 bits per heavy atom. The molecule has 7 heteroatoms. The van der Waals surface area contributed by atoms with Gasteiger partial charge in [0.1, 0.15) is 0 Å². The average Bonchev–Trinajstić information content (AvgIpc) is 2.45. The SMILES string of the molecule is C[C@@H](NC(=O)OC(=O)C(F)(F)F)c1cccc2ccccc12. The third-order valence-corrected chi connectivity index (χ3v) is 3.04. The molecule has 4 nitrogen and oxygen atoms in total. The molecule has 0 saturated carbocycles. The van der Waals surface area contributed by atoms with E-state index in [1.807, 2.05) is 30.3 Å². The number of nitrogens with one attached hydrogen (secondary N) is 1. The molecule has 0 heterocycles. The van der Waals surface area contributed by atoms with Crippen molar-refractivity contribution in [1.29, 1.82) is 0 Å². The number of benzene rings is 2. The van der Waals surface area contributed by atoms with E-state index in [1.54, 1.807) is 19.1 Å². The van der Waals surface area contributed by atoms with Gasteiger partial charge in [0.25, 0.3) is 0 Å². The number of ether oxygens (including phenoxy) is 1. The number of fused-ring (bicyclic) bond motifs is 1. The molecule has 0 radical (unpaired) electrons. The fourth-order valence-corrected chi connectivity index (χ4v) is 2.05. The monoisotopic (exact) mass is 311 g/mol. The molecule has 22 heavy (non-hydrogen) atoms. The summed E-state index contributed by atoms with van der Waals surface area (Å²) in [5, 5.41) is 3.98. The van der Waals surface area contributed by atoms with E-state index in [0.717, 1.165) is 10.8 Å². The Morgan fingerprint density at radius 2 is 1.73 bits per heavy atom. The van der Waals surface area contributed by atoms with Crippen molar-refractivity contribution in [3.63, 3.8) is 0 Å². The zero-order chi connectivity index (χ0) is 16.3. The van der Waals surface area contributed by atoms with Crippen LogP contribution >= 0.6 is 0 Å². The Kier molecular flexibility index (Phi) is 4.35. The molecule has 0 spiro atoms. The first kappa shape index (κ1) is 15.8. The van der Waals surface area contributed by atoms with Crippen molar-refractivity contribution < 1.29 is 27.5 Å². The smallest absolute Gasteiger partial charge is 0.369 e. The number of hydrogen-bond donors (Lipinski definition) is 1. The number of esters is 1. The van der Waals surface area contributed by atoms with Crippen molar-refractivity contribution in [2.24, 2.45) is 0 Å². The minimum absolute atomic E-state index is 0.625. The minimum atomic E-state index is -5.21. The molecule has 0 fully saturated rings. The molecule has 2 aromatic carbocycles. The fraction of sp³-hybridized carbons (Fsp3) is 0.200. The first-order valence-electron chi connectivity index (χ1n) is 6.36. The van der Waals surface area contributed by atoms with Crippen LogP contribution in [0.1, 0.15) is 18.5 Å². The zero-order valence-electron chi connectivity index (χ0n) is 11.5. The van der Waals surface area contributed by atoms with Crippen molar-refractivity contribution in [3.8, 4) is 0 Å². The summed E-state index contributed by atoms with van der Waals surface area (Å²) in [7, 11) is 0. The second-order valence-corrected chi connectivity index (χ2v) is 4.61. The quantitative estimate of drug-likeness (QED) is 0.679. The van der Waals surface area contributed by atoms with Crippen LogP contribution in [-0.4, -0.2) is 18.2 Å². The van der Waals surface area contributed by atoms with Crippen LogP contribution in [0.25, 0.3) is 10.8 Å². The number of alkyl halides is 3. The molecule has 0 aromatic heterocycles. The Hall–Kier alpha value is -2.57. The standard InChI is InChI=1S/C15H12F3NO3/c1-9(19-14(21)22-13(20)15(16,17)18)11-8-4-6-10-5-2-3-7-12(10)11/h2-9H,1H3,(H,19,21)/t9-/m1/s1. The molecule has 0 unspecified atom stereocenters. The third-order valence-electron chi connectivity index (χ3n) is 3.04. The fourth-order valence-electron chi connectivity index (χ4n) is 2.05. The maximum atomic E-state index is 12.0. The minimum Gasteiger partial charge on any atom is -0.369 e. The first-order valence-corrected chi connectivity index (χ1v) is 6.36. The molecule has 1 amide bonds. The van der Waals surface area contributed by atoms with E-state index in [2.05, 4.69) is 10.1 Å². The van der Waals surface area contributed by atoms with Crippen molar-refractivity contribution in [1.82, 2.24) is 5.32 Å². The van der Waals surface area contributed by atoms with Gasteiger partial charge in [-0.2, -0.15) is 13.2 Å². The van der Waals surface area contributed by atoms with Crippen molar-refractivity contribution >= 4 is 22.8 Å². The number of rotatable bonds is 2. The lowest BCUT2D eigenvalue weighted by molar-refractivity contribution is -0.192. The van der Waals surface area contributed by atoms with Gasteiger partial charge in [0.05, 0.1) is 6.04 Å². The van der Waals surface area contributed by atoms with Crippen LogP contribution in [0.15, 0.2) is 42.5 Å². The topological polar surface area (TPSA) is 55.4 Å². The molecule has 2 aromatic rings. The van der Waals surface area contributed by atoms with E-state index in [4.69, 9.17) is 0 Å². The molecule has 1 N–H and O–H groups in total. The zero-order valence-corrected chi connectivity index (χ0v) is 11.5. The van der Waals surface area contributed by atoms with Gasteiger partial charge in [0, 0.05) is 0 Å². The van der Waals surface area contributed by atoms with Crippen molar-refractivity contribution in [2.75, 3.05) is 0 Å². The summed E-state index contributed by atoms with van der Waals surface area (Å²) in [6.45, 7) is 1.58. The van der Waals surface area contributed by atoms with E-state index in [-0.39, 0.29) is 0 Å². The summed E-state index contributed by atoms with van der Waals surface area (Å²) in [5.74, 6) is -2.55. The molecule has 0 bridgehead atoms. The van der Waals surface area contributed by atoms with Crippen LogP contribution in [0.5, 0.6) is 0 Å². The summed E-state index contributed by atoms with van der Waals surface area (Å²) < 4.78 is 39.8. The number of amides is 1. The highest BCUT2D eigenvalue weighted by Gasteiger charge is 2.42. The Morgan fingerprint density at radius 3 is 2.41 bits per heavy atom. The second-order valence-electron chi connectivity index (χ2n) is 4.61. The summed E-state index contributed by atoms with van der Waals surface area (Å²) in [6.07, 6.45) is -6.65. The van der Waals surface area contributed by atoms with E-state index in [1.165, 1.54) is 0 Å². The largest absolute Gasteiger partial charge is 0.491 e. The number of carbonyl (C=O) groups excluding carboxylic acids is 2. The van der Waals surface area contributed by atoms with Crippen LogP contribution in [0.3, 0.4) is 0 Å². The van der Waals surface area contributed by atoms with E-state index in [9.17, 15) is 22.8 Å². The average molecular weight is 311 g/mol. The predicted octanol–water partition coefficient (Wildman–Crippen LogP) is 3.72. The Labute approximate surface area is 123 Å². The number of alkyl carbamates (subject to hydrolysis) is 1. The van der Waals surface area contributed by atoms with Gasteiger partial charge in [-0.15, -0.1) is 0 Å². The van der Waals surface area contributed by atoms with Crippen LogP contribution < -0.4 is 5.32 Å². The summed E-state index contributed by atoms with van der Waals surface area (Å²) in [4.78, 5) is 22.0. The molecule has 0 aliphatic rings. The summed E-state index contributed by atoms with van der Waals surface area (Å²) >= 11 is 0. The van der Waals surface area contributed by atoms with Gasteiger partial charge >= 0.3 is 18.2 Å². The molecule has 2 rings (SSSR count). The second kappa shape index (κ2) is 6.05. The maximum absolute atomic E-state index is 12.0. The molecule has 0 saturated heterocycles. The highest BCUT2D eigenvalue weighted by atomic mass is 19.4. The Bertz CT molecular complexity index is 707. The molecule has 0 aliphatic carbocycles. The van der Waals surface area contributed by atoms with Gasteiger partial charge in [-0.3, -0.25) is 0 Å². The normalized spacial score (nSPS) is 12.7. The van der Waals surface area contributed by atoms with Gasteiger partial charge < -0.3 is 10.1 Å². The predicted molar refractivity (Wildman–Crippen MR) is 73.0 cm³/mol. The summed E-state index contributed by atoms with van der Waals surface area (Å²) in [5.41, 5.74) is 0.703. The van der Waals surface area contributed by atoms with Gasteiger partial charge in [-0.25, -0.2) is 9.59 Å². The molecular weight excluding hydrogens is 299 g/mol.